The fourth-order valence-corrected chi connectivity index (χ4v) is 4.84. The molecule has 2 aromatic rings. The Labute approximate surface area is 121 Å². The first-order valence-corrected chi connectivity index (χ1v) is 8.38. The van der Waals surface area contributed by atoms with E-state index in [0.717, 1.165) is 0 Å². The van der Waals surface area contributed by atoms with Gasteiger partial charge in [0.2, 0.25) is 7.49 Å². The van der Waals surface area contributed by atoms with Crippen molar-refractivity contribution in [2.45, 2.75) is 0 Å². The molecule has 20 heavy (non-hydrogen) atoms. The third kappa shape index (κ3) is 3.16. The topological polar surface area (TPSA) is 18.5 Å². The van der Waals surface area contributed by atoms with Gasteiger partial charge in [0, 0.05) is 7.11 Å². The van der Waals surface area contributed by atoms with Gasteiger partial charge in [-0.1, -0.05) is 43.0 Å². The van der Waals surface area contributed by atoms with Crippen molar-refractivity contribution in [3.05, 3.63) is 73.1 Å². The van der Waals surface area contributed by atoms with Crippen LogP contribution in [0.5, 0.6) is 0 Å². The van der Waals surface area contributed by atoms with Crippen molar-refractivity contribution >= 4 is 18.1 Å². The molecule has 0 saturated carbocycles. The van der Waals surface area contributed by atoms with Crippen molar-refractivity contribution in [2.24, 2.45) is 0 Å². The predicted molar refractivity (Wildman–Crippen MR) is 87.1 cm³/mol. The van der Waals surface area contributed by atoms with Crippen molar-refractivity contribution in [3.8, 4) is 0 Å². The number of hydrogen-bond donors (Lipinski definition) is 0. The molecule has 0 aliphatic carbocycles. The molecule has 0 aliphatic heterocycles. The maximum atomic E-state index is 6.26. The highest BCUT2D eigenvalue weighted by molar-refractivity contribution is 7.88. The zero-order valence-electron chi connectivity index (χ0n) is 11.7. The van der Waals surface area contributed by atoms with Crippen LogP contribution in [-0.2, 0) is 9.26 Å². The Morgan fingerprint density at radius 2 is 1.40 bits per heavy atom. The number of benzene rings is 2. The van der Waals surface area contributed by atoms with Gasteiger partial charge in [-0.3, -0.25) is 0 Å². The van der Waals surface area contributed by atoms with E-state index in [1.807, 2.05) is 42.2 Å². The van der Waals surface area contributed by atoms with Gasteiger partial charge in [0.25, 0.3) is 0 Å². The lowest BCUT2D eigenvalue weighted by Crippen LogP contribution is -2.23. The average molecular weight is 287 g/mol. The highest BCUT2D eigenvalue weighted by atomic mass is 31.2. The van der Waals surface area contributed by atoms with E-state index in [2.05, 4.69) is 30.8 Å². The second kappa shape index (κ2) is 7.35. The third-order valence-electron chi connectivity index (χ3n) is 3.12. The number of ether oxygens (including phenoxy) is 1. The molecule has 0 spiro atoms. The third-order valence-corrected chi connectivity index (χ3v) is 6.35. The van der Waals surface area contributed by atoms with Crippen LogP contribution in [0.4, 0.5) is 0 Å². The first-order chi connectivity index (χ1) is 9.83. The molecule has 0 amide bonds. The quantitative estimate of drug-likeness (QED) is 0.574. The Balaban J connectivity index is 2.44. The maximum absolute atomic E-state index is 6.26. The summed E-state index contributed by atoms with van der Waals surface area (Å²) in [6, 6.07) is 20.6. The molecule has 0 atom stereocenters. The molecule has 2 aromatic carbocycles. The van der Waals surface area contributed by atoms with Crippen LogP contribution >= 0.6 is 7.49 Å². The van der Waals surface area contributed by atoms with Crippen molar-refractivity contribution in [2.75, 3.05) is 20.3 Å². The van der Waals surface area contributed by atoms with Crippen LogP contribution in [0.2, 0.25) is 0 Å². The molecule has 3 heteroatoms. The Morgan fingerprint density at radius 1 is 0.900 bits per heavy atom. The molecule has 2 nitrogen and oxygen atoms in total. The van der Waals surface area contributed by atoms with Crippen LogP contribution in [0.1, 0.15) is 0 Å². The minimum atomic E-state index is -2.03. The molecular formula is C17H20O2P+. The first kappa shape index (κ1) is 14.9. The zero-order valence-corrected chi connectivity index (χ0v) is 12.6. The van der Waals surface area contributed by atoms with E-state index in [0.29, 0.717) is 13.2 Å². The summed E-state index contributed by atoms with van der Waals surface area (Å²) in [6.07, 6.45) is 0. The molecule has 0 aliphatic rings. The Morgan fingerprint density at radius 3 is 1.80 bits per heavy atom. The average Bonchev–Trinajstić information content (AvgIpc) is 2.54. The van der Waals surface area contributed by atoms with Crippen LogP contribution in [0.15, 0.2) is 73.1 Å². The van der Waals surface area contributed by atoms with Crippen molar-refractivity contribution < 1.29 is 9.26 Å². The summed E-state index contributed by atoms with van der Waals surface area (Å²) in [6.45, 7) is 5.18. The van der Waals surface area contributed by atoms with Gasteiger partial charge in [-0.15, -0.1) is 0 Å². The Bertz CT molecular complexity index is 486. The number of rotatable bonds is 7. The summed E-state index contributed by atoms with van der Waals surface area (Å²) >= 11 is 0. The standard InChI is InChI=1S/C17H20O2P/c1-3-20(19-15-14-18-2,16-10-6-4-7-11-16)17-12-8-5-9-13-17/h3-13H,1,14-15H2,2H3/q+1. The summed E-state index contributed by atoms with van der Waals surface area (Å²) in [7, 11) is -0.345. The van der Waals surface area contributed by atoms with E-state index in [1.54, 1.807) is 7.11 Å². The van der Waals surface area contributed by atoms with Gasteiger partial charge in [-0.2, -0.15) is 0 Å². The van der Waals surface area contributed by atoms with Crippen LogP contribution in [-0.4, -0.2) is 20.3 Å². The van der Waals surface area contributed by atoms with E-state index in [4.69, 9.17) is 9.26 Å². The second-order valence-electron chi connectivity index (χ2n) is 4.34. The predicted octanol–water partition coefficient (Wildman–Crippen LogP) is 3.38. The number of methoxy groups -OCH3 is 1. The summed E-state index contributed by atoms with van der Waals surface area (Å²) in [5, 5.41) is 2.36. The van der Waals surface area contributed by atoms with Gasteiger partial charge in [0.15, 0.2) is 0 Å². The number of hydrogen-bond acceptors (Lipinski definition) is 2. The SMILES string of the molecule is C=C[P+](OCCOC)(c1ccccc1)c1ccccc1. The molecule has 0 N–H and O–H groups in total. The maximum Gasteiger partial charge on any atom is 0.234 e. The van der Waals surface area contributed by atoms with Crippen molar-refractivity contribution in [1.82, 2.24) is 0 Å². The highest BCUT2D eigenvalue weighted by Crippen LogP contribution is 2.58. The Hall–Kier alpha value is -1.47. The molecule has 0 unspecified atom stereocenters. The molecule has 2 rings (SSSR count). The van der Waals surface area contributed by atoms with E-state index in [9.17, 15) is 0 Å². The van der Waals surface area contributed by atoms with Crippen LogP contribution in [0.3, 0.4) is 0 Å². The van der Waals surface area contributed by atoms with Crippen LogP contribution in [0.25, 0.3) is 0 Å². The molecule has 0 radical (unpaired) electrons. The smallest absolute Gasteiger partial charge is 0.234 e. The minimum absolute atomic E-state index is 0.556. The van der Waals surface area contributed by atoms with Gasteiger partial charge in [-0.05, 0) is 24.3 Å². The van der Waals surface area contributed by atoms with E-state index < -0.39 is 7.49 Å². The molecule has 0 heterocycles. The molecule has 0 bridgehead atoms. The molecule has 104 valence electrons. The lowest BCUT2D eigenvalue weighted by Gasteiger charge is -2.21. The largest absolute Gasteiger partial charge is 0.382 e. The second-order valence-corrected chi connectivity index (χ2v) is 7.31. The summed E-state index contributed by atoms with van der Waals surface area (Å²) in [5.41, 5.74) is 0. The van der Waals surface area contributed by atoms with Gasteiger partial charge >= 0.3 is 0 Å². The zero-order chi connectivity index (χ0) is 14.3. The van der Waals surface area contributed by atoms with Crippen LogP contribution < -0.4 is 10.6 Å². The summed E-state index contributed by atoms with van der Waals surface area (Å²) < 4.78 is 11.4. The monoisotopic (exact) mass is 287 g/mol. The lowest BCUT2D eigenvalue weighted by atomic mass is 10.4. The van der Waals surface area contributed by atoms with E-state index >= 15 is 0 Å². The van der Waals surface area contributed by atoms with Gasteiger partial charge in [0.1, 0.15) is 17.2 Å². The molecule has 0 aromatic heterocycles. The Kier molecular flexibility index (Phi) is 5.49. The van der Waals surface area contributed by atoms with E-state index in [1.165, 1.54) is 10.6 Å². The summed E-state index contributed by atoms with van der Waals surface area (Å²) in [5.74, 6) is 1.97. The first-order valence-electron chi connectivity index (χ1n) is 6.60. The minimum Gasteiger partial charge on any atom is -0.382 e. The van der Waals surface area contributed by atoms with Gasteiger partial charge in [-0.25, -0.2) is 4.52 Å². The van der Waals surface area contributed by atoms with Crippen molar-refractivity contribution in [3.63, 3.8) is 0 Å². The van der Waals surface area contributed by atoms with Gasteiger partial charge < -0.3 is 4.74 Å². The summed E-state index contributed by atoms with van der Waals surface area (Å²) in [4.78, 5) is 0. The molecule has 0 saturated heterocycles. The fraction of sp³-hybridized carbons (Fsp3) is 0.176. The normalized spacial score (nSPS) is 11.2. The van der Waals surface area contributed by atoms with Crippen LogP contribution in [0, 0.1) is 0 Å². The van der Waals surface area contributed by atoms with Gasteiger partial charge in [0.05, 0.1) is 12.4 Å². The van der Waals surface area contributed by atoms with E-state index in [-0.39, 0.29) is 0 Å². The lowest BCUT2D eigenvalue weighted by molar-refractivity contribution is 0.153. The molecular weight excluding hydrogens is 267 g/mol. The van der Waals surface area contributed by atoms with Crippen molar-refractivity contribution in [1.29, 1.82) is 0 Å². The highest BCUT2D eigenvalue weighted by Gasteiger charge is 2.42. The molecule has 0 fully saturated rings. The fourth-order valence-electron chi connectivity index (χ4n) is 2.13.